The molecule has 0 amide bonds. The molecule has 0 aromatic rings. The van der Waals surface area contributed by atoms with Gasteiger partial charge in [0.05, 0.1) is 0 Å². The molecule has 0 aliphatic heterocycles. The Morgan fingerprint density at radius 3 is 0.611 bits per heavy atom. The molecule has 0 radical (unpaired) electrons. The van der Waals surface area contributed by atoms with Crippen molar-refractivity contribution in [3.63, 3.8) is 0 Å². The van der Waals surface area contributed by atoms with Gasteiger partial charge in [-0.1, -0.05) is 207 Å². The van der Waals surface area contributed by atoms with E-state index in [0.717, 1.165) is 0 Å². The molecule has 218 valence electrons. The van der Waals surface area contributed by atoms with Crippen molar-refractivity contribution in [2.24, 2.45) is 5.41 Å². The molecule has 0 atom stereocenters. The van der Waals surface area contributed by atoms with Gasteiger partial charge in [-0.15, -0.1) is 0 Å². The molecule has 0 N–H and O–H groups in total. The lowest BCUT2D eigenvalue weighted by Crippen LogP contribution is -2.16. The van der Waals surface area contributed by atoms with Crippen molar-refractivity contribution in [3.8, 4) is 0 Å². The van der Waals surface area contributed by atoms with Gasteiger partial charge in [-0.3, -0.25) is 0 Å². The summed E-state index contributed by atoms with van der Waals surface area (Å²) >= 11 is 0. The maximum absolute atomic E-state index is 2.66. The van der Waals surface area contributed by atoms with Gasteiger partial charge in [0, 0.05) is 0 Å². The van der Waals surface area contributed by atoms with Crippen LogP contribution in [0.15, 0.2) is 0 Å². The predicted octanol–water partition coefficient (Wildman–Crippen LogP) is 14.1. The maximum atomic E-state index is 2.66. The molecule has 0 bridgehead atoms. The summed E-state index contributed by atoms with van der Waals surface area (Å²) in [5.74, 6) is 0. The van der Waals surface area contributed by atoms with E-state index in [1.807, 2.05) is 0 Å². The maximum Gasteiger partial charge on any atom is -0.0326 e. The SMILES string of the molecule is CCCCCCCCCCCCC(C)(CCCCCCCCCC)CCCCCCCCCCCC. The standard InChI is InChI=1S/C36H74/c1-5-8-11-14-17-20-22-25-28-31-34-36(4,33-30-27-24-19-16-13-10-7-3)35-32-29-26-23-21-18-15-12-9-6-2/h5-35H2,1-4H3. The van der Waals surface area contributed by atoms with Crippen molar-refractivity contribution in [2.75, 3.05) is 0 Å². The first-order valence-corrected chi connectivity index (χ1v) is 17.7. The quantitative estimate of drug-likeness (QED) is 0.0820. The highest BCUT2D eigenvalue weighted by Crippen LogP contribution is 2.37. The minimum atomic E-state index is 0.627. The van der Waals surface area contributed by atoms with Crippen molar-refractivity contribution < 1.29 is 0 Å². The van der Waals surface area contributed by atoms with E-state index in [4.69, 9.17) is 0 Å². The lowest BCUT2D eigenvalue weighted by molar-refractivity contribution is 0.222. The van der Waals surface area contributed by atoms with Gasteiger partial charge in [-0.2, -0.15) is 0 Å². The first kappa shape index (κ1) is 36.0. The van der Waals surface area contributed by atoms with Crippen LogP contribution in [0, 0.1) is 5.41 Å². The van der Waals surface area contributed by atoms with Gasteiger partial charge in [0.2, 0.25) is 0 Å². The molecule has 36 heavy (non-hydrogen) atoms. The van der Waals surface area contributed by atoms with Gasteiger partial charge in [0.1, 0.15) is 0 Å². The Morgan fingerprint density at radius 2 is 0.417 bits per heavy atom. The largest absolute Gasteiger partial charge is 0.0654 e. The zero-order chi connectivity index (χ0) is 26.4. The fourth-order valence-corrected chi connectivity index (χ4v) is 6.14. The molecular formula is C36H74. The van der Waals surface area contributed by atoms with Crippen LogP contribution in [0.3, 0.4) is 0 Å². The van der Waals surface area contributed by atoms with Gasteiger partial charge < -0.3 is 0 Å². The van der Waals surface area contributed by atoms with Crippen LogP contribution in [0.25, 0.3) is 0 Å². The molecule has 0 aliphatic rings. The Labute approximate surface area is 232 Å². The molecule has 0 saturated carbocycles. The van der Waals surface area contributed by atoms with Crippen LogP contribution in [0.1, 0.15) is 227 Å². The number of hydrogen-bond donors (Lipinski definition) is 0. The zero-order valence-corrected chi connectivity index (χ0v) is 26.4. The Balaban J connectivity index is 4.04. The van der Waals surface area contributed by atoms with Crippen molar-refractivity contribution in [2.45, 2.75) is 227 Å². The van der Waals surface area contributed by atoms with Crippen LogP contribution in [0.4, 0.5) is 0 Å². The minimum absolute atomic E-state index is 0.627. The smallest absolute Gasteiger partial charge is 0.0326 e. The number of hydrogen-bond acceptors (Lipinski definition) is 0. The minimum Gasteiger partial charge on any atom is -0.0654 e. The summed E-state index contributed by atoms with van der Waals surface area (Å²) in [4.78, 5) is 0. The average molecular weight is 507 g/mol. The van der Waals surface area contributed by atoms with E-state index in [9.17, 15) is 0 Å². The Bertz CT molecular complexity index is 359. The Morgan fingerprint density at radius 1 is 0.250 bits per heavy atom. The van der Waals surface area contributed by atoms with Crippen molar-refractivity contribution in [1.29, 1.82) is 0 Å². The third kappa shape index (κ3) is 27.0. The van der Waals surface area contributed by atoms with E-state index in [2.05, 4.69) is 27.7 Å². The average Bonchev–Trinajstić information content (AvgIpc) is 2.88. The predicted molar refractivity (Wildman–Crippen MR) is 168 cm³/mol. The van der Waals surface area contributed by atoms with Crippen LogP contribution >= 0.6 is 0 Å². The lowest BCUT2D eigenvalue weighted by Gasteiger charge is -2.30. The van der Waals surface area contributed by atoms with E-state index >= 15 is 0 Å². The fraction of sp³-hybridized carbons (Fsp3) is 1.00. The van der Waals surface area contributed by atoms with E-state index in [0.29, 0.717) is 5.41 Å². The van der Waals surface area contributed by atoms with Gasteiger partial charge in [-0.05, 0) is 24.7 Å². The summed E-state index contributed by atoms with van der Waals surface area (Å²) < 4.78 is 0. The molecule has 0 unspecified atom stereocenters. The summed E-state index contributed by atoms with van der Waals surface area (Å²) in [7, 11) is 0. The zero-order valence-electron chi connectivity index (χ0n) is 26.4. The molecule has 0 aliphatic carbocycles. The first-order valence-electron chi connectivity index (χ1n) is 17.7. The van der Waals surface area contributed by atoms with Crippen molar-refractivity contribution in [3.05, 3.63) is 0 Å². The van der Waals surface area contributed by atoms with Crippen molar-refractivity contribution in [1.82, 2.24) is 0 Å². The molecule has 0 heteroatoms. The Kier molecular flexibility index (Phi) is 29.6. The second-order valence-corrected chi connectivity index (χ2v) is 12.9. The topological polar surface area (TPSA) is 0 Å². The van der Waals surface area contributed by atoms with E-state index < -0.39 is 0 Å². The second-order valence-electron chi connectivity index (χ2n) is 12.9. The molecule has 0 nitrogen and oxygen atoms in total. The third-order valence-electron chi connectivity index (χ3n) is 8.90. The Hall–Kier alpha value is 0. The molecule has 0 rings (SSSR count). The first-order chi connectivity index (χ1) is 17.7. The highest BCUT2D eigenvalue weighted by Gasteiger charge is 2.22. The van der Waals surface area contributed by atoms with E-state index in [-0.39, 0.29) is 0 Å². The summed E-state index contributed by atoms with van der Waals surface area (Å²) in [5, 5.41) is 0. The van der Waals surface area contributed by atoms with E-state index in [1.54, 1.807) is 0 Å². The molecule has 0 saturated heterocycles. The van der Waals surface area contributed by atoms with Crippen LogP contribution in [0.2, 0.25) is 0 Å². The van der Waals surface area contributed by atoms with Gasteiger partial charge in [0.15, 0.2) is 0 Å². The highest BCUT2D eigenvalue weighted by atomic mass is 14.3. The van der Waals surface area contributed by atoms with Crippen LogP contribution in [-0.2, 0) is 0 Å². The monoisotopic (exact) mass is 507 g/mol. The number of unbranched alkanes of at least 4 members (excludes halogenated alkanes) is 25. The van der Waals surface area contributed by atoms with Gasteiger partial charge >= 0.3 is 0 Å². The molecule has 0 fully saturated rings. The molecule has 0 heterocycles. The third-order valence-corrected chi connectivity index (χ3v) is 8.90. The summed E-state index contributed by atoms with van der Waals surface area (Å²) in [5.41, 5.74) is 0.627. The second kappa shape index (κ2) is 29.6. The molecular weight excluding hydrogens is 432 g/mol. The van der Waals surface area contributed by atoms with Crippen molar-refractivity contribution >= 4 is 0 Å². The van der Waals surface area contributed by atoms with Crippen LogP contribution in [0.5, 0.6) is 0 Å². The fourth-order valence-electron chi connectivity index (χ4n) is 6.14. The molecule has 0 aromatic carbocycles. The highest BCUT2D eigenvalue weighted by molar-refractivity contribution is 4.75. The van der Waals surface area contributed by atoms with Gasteiger partial charge in [0.25, 0.3) is 0 Å². The summed E-state index contributed by atoms with van der Waals surface area (Å²) in [6.07, 6.45) is 45.5. The summed E-state index contributed by atoms with van der Waals surface area (Å²) in [6, 6.07) is 0. The lowest BCUT2D eigenvalue weighted by atomic mass is 9.75. The molecule has 0 aromatic heterocycles. The normalized spacial score (nSPS) is 12.0. The number of rotatable bonds is 31. The summed E-state index contributed by atoms with van der Waals surface area (Å²) in [6.45, 7) is 9.62. The van der Waals surface area contributed by atoms with Gasteiger partial charge in [-0.25, -0.2) is 0 Å². The van der Waals surface area contributed by atoms with E-state index in [1.165, 1.54) is 199 Å². The van der Waals surface area contributed by atoms with Crippen LogP contribution in [-0.4, -0.2) is 0 Å². The molecule has 0 spiro atoms. The van der Waals surface area contributed by atoms with Crippen LogP contribution < -0.4 is 0 Å².